The van der Waals surface area contributed by atoms with Gasteiger partial charge >= 0.3 is 18.1 Å². The largest absolute Gasteiger partial charge is 0.491 e. The number of anilines is 3. The number of ether oxygens (including phenoxy) is 1. The van der Waals surface area contributed by atoms with E-state index in [1.807, 2.05) is 18.0 Å². The molecule has 2 aromatic rings. The van der Waals surface area contributed by atoms with Crippen molar-refractivity contribution in [1.29, 1.82) is 0 Å². The maximum Gasteiger partial charge on any atom is 0.491 e. The summed E-state index contributed by atoms with van der Waals surface area (Å²) in [5, 5.41) is 3.98. The van der Waals surface area contributed by atoms with Gasteiger partial charge in [-0.05, 0) is 57.3 Å². The van der Waals surface area contributed by atoms with Crippen molar-refractivity contribution in [2.75, 3.05) is 23.3 Å². The number of rotatable bonds is 6. The van der Waals surface area contributed by atoms with Crippen LogP contribution in [0.15, 0.2) is 12.3 Å². The summed E-state index contributed by atoms with van der Waals surface area (Å²) in [6.45, 7) is 2.48. The first-order valence-corrected chi connectivity index (χ1v) is 13.6. The molecule has 2 aliphatic carbocycles. The Morgan fingerprint density at radius 1 is 1.14 bits per heavy atom. The molecule has 0 bridgehead atoms. The molecule has 200 valence electrons. The minimum Gasteiger partial charge on any atom is -0.386 e. The number of halogens is 3. The Morgan fingerprint density at radius 3 is 2.59 bits per heavy atom. The number of esters is 2. The van der Waals surface area contributed by atoms with Crippen LogP contribution in [0.5, 0.6) is 0 Å². The number of aromatic nitrogens is 3. The first-order valence-electron chi connectivity index (χ1n) is 12.8. The van der Waals surface area contributed by atoms with E-state index in [1.165, 1.54) is 17.7 Å². The van der Waals surface area contributed by atoms with Crippen molar-refractivity contribution in [2.45, 2.75) is 76.8 Å². The monoisotopic (exact) mass is 537 g/mol. The van der Waals surface area contributed by atoms with E-state index in [1.54, 1.807) is 17.4 Å². The van der Waals surface area contributed by atoms with Crippen molar-refractivity contribution in [1.82, 2.24) is 15.0 Å². The van der Waals surface area contributed by atoms with Crippen LogP contribution < -0.4 is 10.2 Å². The Balaban J connectivity index is 1.39. The summed E-state index contributed by atoms with van der Waals surface area (Å²) in [7, 11) is 0. The lowest BCUT2D eigenvalue weighted by Gasteiger charge is -2.46. The summed E-state index contributed by atoms with van der Waals surface area (Å²) in [5.74, 6) is -2.18. The second kappa shape index (κ2) is 10.2. The number of carbonyl (C=O) groups excluding carboxylic acids is 2. The van der Waals surface area contributed by atoms with E-state index >= 15 is 0 Å². The number of alkyl halides is 3. The topological polar surface area (TPSA) is 97.3 Å². The second-order valence-corrected chi connectivity index (χ2v) is 11.4. The highest BCUT2D eigenvalue weighted by Gasteiger charge is 2.53. The summed E-state index contributed by atoms with van der Waals surface area (Å²) in [6.07, 6.45) is 4.14. The molecule has 2 saturated carbocycles. The van der Waals surface area contributed by atoms with Crippen molar-refractivity contribution in [3.05, 3.63) is 22.8 Å². The molecule has 1 atom stereocenters. The third-order valence-corrected chi connectivity index (χ3v) is 8.67. The van der Waals surface area contributed by atoms with Gasteiger partial charge in [-0.1, -0.05) is 19.3 Å². The molecule has 1 aliphatic heterocycles. The molecule has 3 heterocycles. The first-order chi connectivity index (χ1) is 17.6. The third kappa shape index (κ3) is 5.73. The van der Waals surface area contributed by atoms with Gasteiger partial charge in [-0.25, -0.2) is 14.8 Å². The Morgan fingerprint density at radius 2 is 1.89 bits per heavy atom. The van der Waals surface area contributed by atoms with E-state index < -0.39 is 23.5 Å². The quantitative estimate of drug-likeness (QED) is 0.372. The molecule has 12 heteroatoms. The zero-order chi connectivity index (χ0) is 26.2. The lowest BCUT2D eigenvalue weighted by atomic mass is 9.64. The van der Waals surface area contributed by atoms with Gasteiger partial charge < -0.3 is 15.0 Å². The number of thiazole rings is 1. The van der Waals surface area contributed by atoms with Crippen molar-refractivity contribution < 1.29 is 27.5 Å². The number of hydrogen-bond acceptors (Lipinski definition) is 9. The Kier molecular flexibility index (Phi) is 7.12. The average molecular weight is 538 g/mol. The van der Waals surface area contributed by atoms with Crippen LogP contribution in [0.2, 0.25) is 0 Å². The van der Waals surface area contributed by atoms with Gasteiger partial charge in [0.15, 0.2) is 5.13 Å². The Bertz CT molecular complexity index is 1160. The van der Waals surface area contributed by atoms with E-state index in [0.717, 1.165) is 24.4 Å². The fraction of sp³-hybridized carbons (Fsp3) is 0.640. The Labute approximate surface area is 217 Å². The molecule has 3 aliphatic rings. The van der Waals surface area contributed by atoms with Crippen LogP contribution in [0.1, 0.15) is 74.3 Å². The maximum absolute atomic E-state index is 13.3. The SMILES string of the molecule is Cc1cc(Nc2ncc(C3CC3)s2)nc(N2CCCC(C(=O)OC(=O)C(F)(F)F)(C3CCCCC3)C2)n1. The zero-order valence-corrected chi connectivity index (χ0v) is 21.5. The second-order valence-electron chi connectivity index (χ2n) is 10.4. The standard InChI is InChI=1S/C25H30F3N5O3S/c1-15-12-19(32-23-29-13-18(37-23)16-8-9-16)31-22(30-15)33-11-5-10-24(14-33,17-6-3-2-4-7-17)20(34)36-21(35)25(26,27)28/h12-13,16-17H,2-11,14H2,1H3,(H,29,30,31,32). The minimum atomic E-state index is -5.23. The van der Waals surface area contributed by atoms with Crippen molar-refractivity contribution >= 4 is 40.2 Å². The van der Waals surface area contributed by atoms with Gasteiger partial charge in [0.25, 0.3) is 0 Å². The van der Waals surface area contributed by atoms with Gasteiger partial charge in [-0.15, -0.1) is 11.3 Å². The summed E-state index contributed by atoms with van der Waals surface area (Å²) in [5.41, 5.74) is -0.524. The molecule has 5 rings (SSSR count). The molecule has 0 spiro atoms. The first kappa shape index (κ1) is 25.9. The van der Waals surface area contributed by atoms with Crippen LogP contribution in [0.25, 0.3) is 0 Å². The molecule has 1 N–H and O–H groups in total. The van der Waals surface area contributed by atoms with Crippen LogP contribution in [-0.4, -0.2) is 46.2 Å². The predicted molar refractivity (Wildman–Crippen MR) is 132 cm³/mol. The fourth-order valence-corrected chi connectivity index (χ4v) is 6.58. The van der Waals surface area contributed by atoms with E-state index in [0.29, 0.717) is 55.6 Å². The van der Waals surface area contributed by atoms with Gasteiger partial charge in [0.05, 0.1) is 5.41 Å². The molecule has 1 unspecified atom stereocenters. The normalized spacial score (nSPS) is 23.1. The van der Waals surface area contributed by atoms with Crippen LogP contribution >= 0.6 is 11.3 Å². The molecule has 8 nitrogen and oxygen atoms in total. The van der Waals surface area contributed by atoms with Crippen LogP contribution in [0.4, 0.5) is 30.1 Å². The molecular formula is C25H30F3N5O3S. The number of nitrogens with one attached hydrogen (secondary N) is 1. The molecule has 0 radical (unpaired) electrons. The van der Waals surface area contributed by atoms with Crippen LogP contribution in [0, 0.1) is 18.3 Å². The van der Waals surface area contributed by atoms with Gasteiger partial charge in [0, 0.05) is 35.9 Å². The predicted octanol–water partition coefficient (Wildman–Crippen LogP) is 5.66. The third-order valence-electron chi connectivity index (χ3n) is 7.60. The van der Waals surface area contributed by atoms with E-state index in [4.69, 9.17) is 0 Å². The molecule has 1 saturated heterocycles. The number of carbonyl (C=O) groups is 2. The summed E-state index contributed by atoms with van der Waals surface area (Å²) >= 11 is 1.59. The number of hydrogen-bond donors (Lipinski definition) is 1. The number of nitrogens with zero attached hydrogens (tertiary/aromatic N) is 4. The minimum absolute atomic E-state index is 0.105. The average Bonchev–Trinajstić information content (AvgIpc) is 3.62. The number of aryl methyl sites for hydroxylation is 1. The summed E-state index contributed by atoms with van der Waals surface area (Å²) < 4.78 is 43.3. The van der Waals surface area contributed by atoms with E-state index in [-0.39, 0.29) is 12.5 Å². The van der Waals surface area contributed by atoms with Gasteiger partial charge in [0.2, 0.25) is 5.95 Å². The van der Waals surface area contributed by atoms with Crippen molar-refractivity contribution in [3.63, 3.8) is 0 Å². The highest BCUT2D eigenvalue weighted by molar-refractivity contribution is 7.15. The van der Waals surface area contributed by atoms with Crippen molar-refractivity contribution in [2.24, 2.45) is 11.3 Å². The van der Waals surface area contributed by atoms with Gasteiger partial charge in [-0.3, -0.25) is 4.79 Å². The van der Waals surface area contributed by atoms with Crippen LogP contribution in [0.3, 0.4) is 0 Å². The number of piperidine rings is 1. The summed E-state index contributed by atoms with van der Waals surface area (Å²) in [6, 6.07) is 1.80. The van der Waals surface area contributed by atoms with E-state index in [2.05, 4.69) is 25.0 Å². The smallest absolute Gasteiger partial charge is 0.386 e. The highest BCUT2D eigenvalue weighted by atomic mass is 32.1. The fourth-order valence-electron chi connectivity index (χ4n) is 5.59. The summed E-state index contributed by atoms with van der Waals surface area (Å²) in [4.78, 5) is 41.6. The zero-order valence-electron chi connectivity index (χ0n) is 20.6. The van der Waals surface area contributed by atoms with Gasteiger partial charge in [-0.2, -0.15) is 18.2 Å². The Hall–Kier alpha value is -2.76. The van der Waals surface area contributed by atoms with Gasteiger partial charge in [0.1, 0.15) is 5.82 Å². The highest BCUT2D eigenvalue weighted by Crippen LogP contribution is 2.47. The molecule has 3 fully saturated rings. The molecule has 37 heavy (non-hydrogen) atoms. The molecule has 0 aromatic carbocycles. The van der Waals surface area contributed by atoms with E-state index in [9.17, 15) is 22.8 Å². The lowest BCUT2D eigenvalue weighted by molar-refractivity contribution is -0.206. The lowest BCUT2D eigenvalue weighted by Crippen LogP contribution is -2.54. The van der Waals surface area contributed by atoms with Crippen molar-refractivity contribution in [3.8, 4) is 0 Å². The van der Waals surface area contributed by atoms with Crippen LogP contribution in [-0.2, 0) is 14.3 Å². The molecule has 0 amide bonds. The molecule has 2 aromatic heterocycles. The maximum atomic E-state index is 13.3. The molecular weight excluding hydrogens is 507 g/mol.